The molecule has 4 rings (SSSR count). The van der Waals surface area contributed by atoms with Crippen LogP contribution >= 0.6 is 0 Å². The van der Waals surface area contributed by atoms with Crippen molar-refractivity contribution in [2.75, 3.05) is 13.1 Å². The van der Waals surface area contributed by atoms with E-state index in [1.54, 1.807) is 0 Å². The van der Waals surface area contributed by atoms with Crippen molar-refractivity contribution in [3.05, 3.63) is 92.4 Å². The minimum absolute atomic E-state index is 0.158. The van der Waals surface area contributed by atoms with Crippen LogP contribution in [0, 0.1) is 20.8 Å². The number of aryl methyl sites for hydroxylation is 3. The summed E-state index contributed by atoms with van der Waals surface area (Å²) in [6.45, 7) is 12.9. The molecule has 184 valence electrons. The molecule has 2 aromatic carbocycles. The van der Waals surface area contributed by atoms with Gasteiger partial charge in [0, 0.05) is 43.0 Å². The standard InChI is InChI=1S/C29H35N3O3/c1-18(2)35-25-16-32(17-25)15-22-7-10-23(11-8-22)24-9-6-19(3)26(13-24)28(33)30-14-27-20(4)12-21(5)31-29(27)34/h6-13,18,25H,14-17H2,1-5H3,(H,30,33)(H,31,34). The molecule has 0 radical (unpaired) electrons. The maximum atomic E-state index is 13.0. The fraction of sp³-hybridized carbons (Fsp3) is 0.379. The maximum Gasteiger partial charge on any atom is 0.253 e. The molecule has 1 aliphatic rings. The van der Waals surface area contributed by atoms with E-state index in [2.05, 4.69) is 53.3 Å². The Morgan fingerprint density at radius 1 is 1.03 bits per heavy atom. The van der Waals surface area contributed by atoms with E-state index in [1.165, 1.54) is 5.56 Å². The lowest BCUT2D eigenvalue weighted by Gasteiger charge is -2.39. The summed E-state index contributed by atoms with van der Waals surface area (Å²) in [6, 6.07) is 16.4. The van der Waals surface area contributed by atoms with E-state index in [4.69, 9.17) is 4.74 Å². The molecule has 0 atom stereocenters. The summed E-state index contributed by atoms with van der Waals surface area (Å²) in [6.07, 6.45) is 0.622. The summed E-state index contributed by atoms with van der Waals surface area (Å²) in [5, 5.41) is 2.92. The largest absolute Gasteiger partial charge is 0.373 e. The third-order valence-electron chi connectivity index (χ3n) is 6.48. The zero-order valence-electron chi connectivity index (χ0n) is 21.3. The number of aromatic amines is 1. The highest BCUT2D eigenvalue weighted by atomic mass is 16.5. The van der Waals surface area contributed by atoms with Crippen molar-refractivity contribution in [3.63, 3.8) is 0 Å². The van der Waals surface area contributed by atoms with E-state index in [9.17, 15) is 9.59 Å². The van der Waals surface area contributed by atoms with E-state index >= 15 is 0 Å². The van der Waals surface area contributed by atoms with Crippen LogP contribution < -0.4 is 10.9 Å². The van der Waals surface area contributed by atoms with Gasteiger partial charge < -0.3 is 15.0 Å². The number of nitrogens with zero attached hydrogens (tertiary/aromatic N) is 1. The number of benzene rings is 2. The molecule has 1 aliphatic heterocycles. The van der Waals surface area contributed by atoms with Gasteiger partial charge in [-0.3, -0.25) is 14.5 Å². The molecule has 1 amide bonds. The van der Waals surface area contributed by atoms with E-state index in [0.717, 1.165) is 47.6 Å². The first-order valence-corrected chi connectivity index (χ1v) is 12.2. The normalized spacial score (nSPS) is 14.2. The number of H-pyrrole nitrogens is 1. The van der Waals surface area contributed by atoms with Gasteiger partial charge >= 0.3 is 0 Å². The molecule has 2 N–H and O–H groups in total. The van der Waals surface area contributed by atoms with Gasteiger partial charge in [0.05, 0.1) is 12.2 Å². The van der Waals surface area contributed by atoms with Crippen LogP contribution in [-0.2, 0) is 17.8 Å². The topological polar surface area (TPSA) is 74.4 Å². The second kappa shape index (κ2) is 10.6. The highest BCUT2D eigenvalue weighted by Crippen LogP contribution is 2.24. The summed E-state index contributed by atoms with van der Waals surface area (Å²) in [5.41, 5.74) is 6.94. The van der Waals surface area contributed by atoms with Crippen LogP contribution in [0.2, 0.25) is 0 Å². The van der Waals surface area contributed by atoms with Gasteiger partial charge in [0.25, 0.3) is 11.5 Å². The Balaban J connectivity index is 1.41. The fourth-order valence-corrected chi connectivity index (χ4v) is 4.59. The van der Waals surface area contributed by atoms with Crippen molar-refractivity contribution in [2.24, 2.45) is 0 Å². The number of pyridine rings is 1. The Morgan fingerprint density at radius 3 is 2.37 bits per heavy atom. The van der Waals surface area contributed by atoms with E-state index in [-0.39, 0.29) is 24.1 Å². The van der Waals surface area contributed by atoms with Gasteiger partial charge in [-0.2, -0.15) is 0 Å². The van der Waals surface area contributed by atoms with E-state index in [1.807, 2.05) is 45.0 Å². The molecule has 0 aliphatic carbocycles. The quantitative estimate of drug-likeness (QED) is 0.505. The van der Waals surface area contributed by atoms with Crippen LogP contribution in [0.5, 0.6) is 0 Å². The first kappa shape index (κ1) is 24.9. The number of hydrogen-bond acceptors (Lipinski definition) is 4. The summed E-state index contributed by atoms with van der Waals surface area (Å²) in [4.78, 5) is 30.4. The van der Waals surface area contributed by atoms with Crippen LogP contribution in [-0.4, -0.2) is 41.1 Å². The van der Waals surface area contributed by atoms with Gasteiger partial charge in [-0.05, 0) is 74.6 Å². The number of amides is 1. The van der Waals surface area contributed by atoms with Crippen molar-refractivity contribution in [1.82, 2.24) is 15.2 Å². The first-order valence-electron chi connectivity index (χ1n) is 12.2. The summed E-state index contributed by atoms with van der Waals surface area (Å²) < 4.78 is 5.84. The minimum Gasteiger partial charge on any atom is -0.373 e. The monoisotopic (exact) mass is 473 g/mol. The molecule has 2 heterocycles. The second-order valence-electron chi connectivity index (χ2n) is 9.85. The van der Waals surface area contributed by atoms with Crippen LogP contribution in [0.4, 0.5) is 0 Å². The average Bonchev–Trinajstić information content (AvgIpc) is 2.77. The predicted octanol–water partition coefficient (Wildman–Crippen LogP) is 4.51. The van der Waals surface area contributed by atoms with Crippen LogP contribution in [0.1, 0.15) is 52.2 Å². The van der Waals surface area contributed by atoms with Gasteiger partial charge in [0.1, 0.15) is 0 Å². The number of carbonyl (C=O) groups is 1. The van der Waals surface area contributed by atoms with Crippen LogP contribution in [0.25, 0.3) is 11.1 Å². The first-order chi connectivity index (χ1) is 16.7. The Morgan fingerprint density at radius 2 is 1.71 bits per heavy atom. The molecule has 0 unspecified atom stereocenters. The second-order valence-corrected chi connectivity index (χ2v) is 9.85. The summed E-state index contributed by atoms with van der Waals surface area (Å²) in [5.74, 6) is -0.184. The predicted molar refractivity (Wildman–Crippen MR) is 140 cm³/mol. The Kier molecular flexibility index (Phi) is 7.53. The molecular formula is C29H35N3O3. The van der Waals surface area contributed by atoms with Crippen LogP contribution in [0.15, 0.2) is 53.3 Å². The molecule has 3 aromatic rings. The van der Waals surface area contributed by atoms with Gasteiger partial charge in [-0.25, -0.2) is 0 Å². The van der Waals surface area contributed by atoms with Crippen molar-refractivity contribution in [1.29, 1.82) is 0 Å². The van der Waals surface area contributed by atoms with Gasteiger partial charge in [0.15, 0.2) is 0 Å². The highest BCUT2D eigenvalue weighted by Gasteiger charge is 2.27. The number of rotatable bonds is 8. The fourth-order valence-electron chi connectivity index (χ4n) is 4.59. The number of ether oxygens (including phenoxy) is 1. The minimum atomic E-state index is -0.184. The smallest absolute Gasteiger partial charge is 0.253 e. The third-order valence-corrected chi connectivity index (χ3v) is 6.48. The number of likely N-dealkylation sites (tertiary alicyclic amines) is 1. The Labute approximate surface area is 207 Å². The number of hydrogen-bond donors (Lipinski definition) is 2. The zero-order chi connectivity index (χ0) is 25.1. The maximum absolute atomic E-state index is 13.0. The van der Waals surface area contributed by atoms with Gasteiger partial charge in [-0.15, -0.1) is 0 Å². The van der Waals surface area contributed by atoms with Gasteiger partial charge in [0.2, 0.25) is 0 Å². The van der Waals surface area contributed by atoms with Gasteiger partial charge in [-0.1, -0.05) is 36.4 Å². The zero-order valence-corrected chi connectivity index (χ0v) is 21.3. The summed E-state index contributed by atoms with van der Waals surface area (Å²) in [7, 11) is 0. The number of nitrogens with one attached hydrogen (secondary N) is 2. The SMILES string of the molecule is Cc1cc(C)c(CNC(=O)c2cc(-c3ccc(CN4CC(OC(C)C)C4)cc3)ccc2C)c(=O)[nH]1. The summed E-state index contributed by atoms with van der Waals surface area (Å²) >= 11 is 0. The van der Waals surface area contributed by atoms with Crippen molar-refractivity contribution < 1.29 is 9.53 Å². The number of aromatic nitrogens is 1. The third kappa shape index (κ3) is 6.08. The molecule has 6 heteroatoms. The lowest BCUT2D eigenvalue weighted by molar-refractivity contribution is -0.0833. The Hall–Kier alpha value is -3.22. The number of carbonyl (C=O) groups excluding carboxylic acids is 1. The molecule has 1 fully saturated rings. The van der Waals surface area contributed by atoms with Crippen molar-refractivity contribution in [3.8, 4) is 11.1 Å². The van der Waals surface area contributed by atoms with E-state index < -0.39 is 0 Å². The average molecular weight is 474 g/mol. The van der Waals surface area contributed by atoms with Crippen molar-refractivity contribution in [2.45, 2.75) is 59.9 Å². The molecule has 0 saturated carbocycles. The van der Waals surface area contributed by atoms with Crippen molar-refractivity contribution >= 4 is 5.91 Å². The molecule has 35 heavy (non-hydrogen) atoms. The molecular weight excluding hydrogens is 438 g/mol. The Bertz CT molecular complexity index is 1260. The lowest BCUT2D eigenvalue weighted by atomic mass is 9.98. The van der Waals surface area contributed by atoms with E-state index in [0.29, 0.717) is 17.2 Å². The molecule has 6 nitrogen and oxygen atoms in total. The lowest BCUT2D eigenvalue weighted by Crippen LogP contribution is -2.52. The highest BCUT2D eigenvalue weighted by molar-refractivity contribution is 5.96. The molecule has 1 saturated heterocycles. The molecule has 0 spiro atoms. The van der Waals surface area contributed by atoms with Crippen LogP contribution in [0.3, 0.4) is 0 Å². The molecule has 1 aromatic heterocycles. The molecule has 0 bridgehead atoms.